The minimum atomic E-state index is -0.845. The maximum Gasteiger partial charge on any atom is 0.305 e. The van der Waals surface area contributed by atoms with E-state index in [0.29, 0.717) is 19.4 Å². The summed E-state index contributed by atoms with van der Waals surface area (Å²) in [7, 11) is 0. The number of allylic oxidation sites excluding steroid dienone is 3. The molecule has 3 N–H and O–H groups in total. The molecule has 0 heterocycles. The van der Waals surface area contributed by atoms with Crippen LogP contribution in [-0.2, 0) is 14.3 Å². The lowest BCUT2D eigenvalue weighted by molar-refractivity contribution is -0.143. The fourth-order valence-electron chi connectivity index (χ4n) is 10.7. The van der Waals surface area contributed by atoms with Crippen LogP contribution in [0.5, 0.6) is 0 Å². The number of esters is 1. The number of aliphatic hydroxyl groups is 2. The van der Waals surface area contributed by atoms with Gasteiger partial charge < -0.3 is 20.3 Å². The van der Waals surface area contributed by atoms with Gasteiger partial charge in [-0.25, -0.2) is 0 Å². The number of amides is 1. The van der Waals surface area contributed by atoms with Crippen LogP contribution in [0.25, 0.3) is 0 Å². The van der Waals surface area contributed by atoms with Gasteiger partial charge in [0.1, 0.15) is 0 Å². The van der Waals surface area contributed by atoms with Gasteiger partial charge in [0.25, 0.3) is 0 Å². The van der Waals surface area contributed by atoms with E-state index in [1.54, 1.807) is 6.08 Å². The van der Waals surface area contributed by atoms with E-state index in [1.807, 2.05) is 6.08 Å². The number of carbonyl (C=O) groups excluding carboxylic acids is 2. The van der Waals surface area contributed by atoms with Gasteiger partial charge in [-0.1, -0.05) is 334 Å². The zero-order chi connectivity index (χ0) is 54.3. The normalized spacial score (nSPS) is 12.6. The first-order chi connectivity index (χ1) is 37.0. The Kier molecular flexibility index (Phi) is 63.4. The molecule has 1 amide bonds. The van der Waals surface area contributed by atoms with E-state index in [1.165, 1.54) is 308 Å². The van der Waals surface area contributed by atoms with Crippen molar-refractivity contribution in [1.82, 2.24) is 5.32 Å². The first-order valence-electron chi connectivity index (χ1n) is 34.1. The topological polar surface area (TPSA) is 95.9 Å². The minimum Gasteiger partial charge on any atom is -0.466 e. The van der Waals surface area contributed by atoms with Gasteiger partial charge in [0.05, 0.1) is 25.4 Å². The molecule has 0 aliphatic rings. The van der Waals surface area contributed by atoms with Crippen LogP contribution in [-0.4, -0.2) is 47.4 Å². The summed E-state index contributed by atoms with van der Waals surface area (Å²) < 4.78 is 5.47. The Morgan fingerprint density at radius 3 is 0.973 bits per heavy atom. The molecule has 0 aromatic carbocycles. The van der Waals surface area contributed by atoms with Crippen molar-refractivity contribution in [3.8, 4) is 0 Å². The van der Waals surface area contributed by atoms with Gasteiger partial charge in [-0.05, 0) is 57.8 Å². The number of hydrogen-bond donors (Lipinski definition) is 3. The number of nitrogens with one attached hydrogen (secondary N) is 1. The molecule has 0 spiro atoms. The highest BCUT2D eigenvalue weighted by atomic mass is 16.5. The van der Waals surface area contributed by atoms with Crippen LogP contribution >= 0.6 is 0 Å². The average Bonchev–Trinajstić information content (AvgIpc) is 3.41. The number of rotatable bonds is 64. The molecule has 0 aliphatic heterocycles. The first-order valence-corrected chi connectivity index (χ1v) is 34.1. The van der Waals surface area contributed by atoms with Crippen molar-refractivity contribution >= 4 is 11.9 Å². The quantitative estimate of drug-likeness (QED) is 0.0320. The monoisotopic (exact) mass is 1060 g/mol. The lowest BCUT2D eigenvalue weighted by atomic mass is 10.0. The molecule has 0 radical (unpaired) electrons. The van der Waals surface area contributed by atoms with Gasteiger partial charge in [0.2, 0.25) is 5.91 Å². The summed E-state index contributed by atoms with van der Waals surface area (Å²) in [5.74, 6) is -0.0574. The van der Waals surface area contributed by atoms with Gasteiger partial charge in [-0.3, -0.25) is 9.59 Å². The molecule has 0 aromatic heterocycles. The molecular weight excluding hydrogens is 923 g/mol. The van der Waals surface area contributed by atoms with E-state index in [-0.39, 0.29) is 18.5 Å². The van der Waals surface area contributed by atoms with Crippen LogP contribution in [0.1, 0.15) is 380 Å². The molecule has 6 heteroatoms. The molecular formula is C69H133NO5. The van der Waals surface area contributed by atoms with E-state index < -0.39 is 12.1 Å². The third-order valence-electron chi connectivity index (χ3n) is 16.0. The Bertz CT molecular complexity index is 1170. The number of hydrogen-bond acceptors (Lipinski definition) is 5. The van der Waals surface area contributed by atoms with Crippen molar-refractivity contribution in [2.75, 3.05) is 13.2 Å². The second kappa shape index (κ2) is 64.9. The maximum absolute atomic E-state index is 12.5. The Balaban J connectivity index is 3.40. The van der Waals surface area contributed by atoms with Gasteiger partial charge >= 0.3 is 5.97 Å². The first kappa shape index (κ1) is 73.3. The summed E-state index contributed by atoms with van der Waals surface area (Å²) in [6.45, 7) is 4.91. The zero-order valence-electron chi connectivity index (χ0n) is 50.8. The van der Waals surface area contributed by atoms with Gasteiger partial charge in [-0.2, -0.15) is 0 Å². The van der Waals surface area contributed by atoms with Crippen molar-refractivity contribution in [2.45, 2.75) is 392 Å². The Morgan fingerprint density at radius 2 is 0.627 bits per heavy atom. The second-order valence-electron chi connectivity index (χ2n) is 23.5. The summed E-state index contributed by atoms with van der Waals surface area (Å²) in [6.07, 6.45) is 81.0. The summed E-state index contributed by atoms with van der Waals surface area (Å²) >= 11 is 0. The van der Waals surface area contributed by atoms with Gasteiger partial charge in [0.15, 0.2) is 0 Å². The van der Waals surface area contributed by atoms with Crippen LogP contribution in [0, 0.1) is 0 Å². The van der Waals surface area contributed by atoms with Crippen LogP contribution in [0.3, 0.4) is 0 Å². The second-order valence-corrected chi connectivity index (χ2v) is 23.5. The molecule has 2 unspecified atom stereocenters. The molecule has 0 rings (SSSR count). The fourth-order valence-corrected chi connectivity index (χ4v) is 10.7. The molecule has 444 valence electrons. The van der Waals surface area contributed by atoms with E-state index in [0.717, 1.165) is 44.9 Å². The van der Waals surface area contributed by atoms with Crippen molar-refractivity contribution in [2.24, 2.45) is 0 Å². The molecule has 0 aliphatic carbocycles. The molecule has 0 saturated heterocycles. The Morgan fingerprint density at radius 1 is 0.360 bits per heavy atom. The van der Waals surface area contributed by atoms with Crippen LogP contribution in [0.15, 0.2) is 24.3 Å². The third-order valence-corrected chi connectivity index (χ3v) is 16.0. The number of ether oxygens (including phenoxy) is 1. The average molecular weight is 1060 g/mol. The molecule has 75 heavy (non-hydrogen) atoms. The number of carbonyl (C=O) groups is 2. The number of unbranched alkanes of at least 4 members (excludes halogenated alkanes) is 51. The third kappa shape index (κ3) is 61.4. The van der Waals surface area contributed by atoms with Crippen molar-refractivity contribution < 1.29 is 24.5 Å². The largest absolute Gasteiger partial charge is 0.466 e. The lowest BCUT2D eigenvalue weighted by Gasteiger charge is -2.20. The number of aliphatic hydroxyl groups excluding tert-OH is 2. The summed E-state index contributed by atoms with van der Waals surface area (Å²) in [5, 5.41) is 23.3. The summed E-state index contributed by atoms with van der Waals surface area (Å²) in [5.41, 5.74) is 0. The smallest absolute Gasteiger partial charge is 0.305 e. The Labute approximate surface area is 469 Å². The Hall–Kier alpha value is -1.66. The highest BCUT2D eigenvalue weighted by molar-refractivity contribution is 5.76. The fraction of sp³-hybridized carbons (Fsp3) is 0.913. The van der Waals surface area contributed by atoms with Crippen LogP contribution < -0.4 is 5.32 Å². The summed E-state index contributed by atoms with van der Waals surface area (Å²) in [4.78, 5) is 24.5. The predicted octanol–water partition coefficient (Wildman–Crippen LogP) is 21.8. The molecule has 0 aromatic rings. The highest BCUT2D eigenvalue weighted by Crippen LogP contribution is 2.19. The van der Waals surface area contributed by atoms with Crippen LogP contribution in [0.2, 0.25) is 0 Å². The molecule has 6 nitrogen and oxygen atoms in total. The van der Waals surface area contributed by atoms with Gasteiger partial charge in [-0.15, -0.1) is 0 Å². The van der Waals surface area contributed by atoms with Gasteiger partial charge in [0, 0.05) is 12.8 Å². The van der Waals surface area contributed by atoms with Crippen LogP contribution in [0.4, 0.5) is 0 Å². The highest BCUT2D eigenvalue weighted by Gasteiger charge is 2.18. The van der Waals surface area contributed by atoms with Crippen molar-refractivity contribution in [1.29, 1.82) is 0 Å². The van der Waals surface area contributed by atoms with Crippen molar-refractivity contribution in [3.05, 3.63) is 24.3 Å². The zero-order valence-corrected chi connectivity index (χ0v) is 50.8. The van der Waals surface area contributed by atoms with E-state index in [4.69, 9.17) is 4.74 Å². The molecule has 0 saturated carbocycles. The predicted molar refractivity (Wildman–Crippen MR) is 329 cm³/mol. The lowest BCUT2D eigenvalue weighted by Crippen LogP contribution is -2.45. The standard InChI is InChI=1S/C69H133NO5/c1-3-5-7-9-11-13-15-17-18-19-20-21-26-29-32-35-38-41-45-49-53-57-61-67(72)66(65-71)70-68(73)62-58-54-50-46-42-39-36-33-30-27-24-22-23-25-28-31-34-37-40-44-48-52-56-60-64-75-69(74)63-59-55-51-47-43-16-14-12-10-8-6-4-2/h12,14,57,61,66-67,71-72H,3-11,13,15-56,58-60,62-65H2,1-2H3,(H,70,73)/b14-12-,61-57+. The maximum atomic E-state index is 12.5. The van der Waals surface area contributed by atoms with E-state index >= 15 is 0 Å². The minimum absolute atomic E-state index is 0.00547. The van der Waals surface area contributed by atoms with E-state index in [2.05, 4.69) is 31.3 Å². The van der Waals surface area contributed by atoms with E-state index in [9.17, 15) is 19.8 Å². The molecule has 0 fully saturated rings. The SMILES string of the molecule is CCCCC/C=C\CCCCCCCC(=O)OCCCCCCCCCCCCCCCCCCCCCCCCCCC(=O)NC(CO)C(O)/C=C/CCCCCCCCCCCCCCCCCCCCCC. The van der Waals surface area contributed by atoms with Crippen molar-refractivity contribution in [3.63, 3.8) is 0 Å². The molecule has 2 atom stereocenters. The molecule has 0 bridgehead atoms. The summed E-state index contributed by atoms with van der Waals surface area (Å²) in [6, 6.07) is -0.628.